The zero-order valence-corrected chi connectivity index (χ0v) is 10.7. The Kier molecular flexibility index (Phi) is 7.49. The second kappa shape index (κ2) is 8.02. The molecule has 0 heterocycles. The number of hydrogen-bond donors (Lipinski definition) is 6. The Labute approximate surface area is 110 Å². The summed E-state index contributed by atoms with van der Waals surface area (Å²) in [6.45, 7) is 0.628. The van der Waals surface area contributed by atoms with Gasteiger partial charge in [0.15, 0.2) is 0 Å². The van der Waals surface area contributed by atoms with Crippen LogP contribution in [-0.2, 0) is 9.59 Å². The molecule has 4 atom stereocenters. The van der Waals surface area contributed by atoms with Crippen molar-refractivity contribution in [3.05, 3.63) is 0 Å². The Morgan fingerprint density at radius 1 is 1.05 bits per heavy atom. The molecule has 0 aliphatic heterocycles. The number of amides is 2. The van der Waals surface area contributed by atoms with Crippen molar-refractivity contribution in [2.24, 2.45) is 0 Å². The lowest BCUT2D eigenvalue weighted by molar-refractivity contribution is -0.155. The number of nitrogens with zero attached hydrogens (tertiary/aromatic N) is 1. The first kappa shape index (κ1) is 17.7. The SMILES string of the molecule is CC(=O)NN(C(C)=O)[C@@H](CO)[C@@H](O)[C@H](O)[C@H](O)CO. The van der Waals surface area contributed by atoms with Crippen LogP contribution in [0.3, 0.4) is 0 Å². The largest absolute Gasteiger partial charge is 0.394 e. The Bertz CT molecular complexity index is 312. The van der Waals surface area contributed by atoms with Crippen molar-refractivity contribution >= 4 is 11.8 Å². The van der Waals surface area contributed by atoms with E-state index in [0.717, 1.165) is 13.8 Å². The third kappa shape index (κ3) is 5.09. The van der Waals surface area contributed by atoms with E-state index in [4.69, 9.17) is 5.11 Å². The van der Waals surface area contributed by atoms with E-state index in [2.05, 4.69) is 5.43 Å². The predicted octanol–water partition coefficient (Wildman–Crippen LogP) is -3.68. The van der Waals surface area contributed by atoms with Crippen LogP contribution in [0.4, 0.5) is 0 Å². The van der Waals surface area contributed by atoms with Crippen molar-refractivity contribution in [2.45, 2.75) is 38.2 Å². The fourth-order valence-electron chi connectivity index (χ4n) is 1.47. The van der Waals surface area contributed by atoms with Crippen molar-refractivity contribution < 1.29 is 35.1 Å². The fourth-order valence-corrected chi connectivity index (χ4v) is 1.47. The first-order valence-electron chi connectivity index (χ1n) is 5.59. The molecule has 0 unspecified atom stereocenters. The van der Waals surface area contributed by atoms with Crippen LogP contribution in [0.1, 0.15) is 13.8 Å². The van der Waals surface area contributed by atoms with Gasteiger partial charge in [0, 0.05) is 13.8 Å². The molecule has 0 saturated carbocycles. The summed E-state index contributed by atoms with van der Waals surface area (Å²) >= 11 is 0. The Balaban J connectivity index is 5.03. The van der Waals surface area contributed by atoms with Crippen LogP contribution in [0, 0.1) is 0 Å². The molecule has 0 aromatic carbocycles. The highest BCUT2D eigenvalue weighted by Crippen LogP contribution is 2.10. The molecule has 112 valence electrons. The molecule has 6 N–H and O–H groups in total. The van der Waals surface area contributed by atoms with Gasteiger partial charge < -0.3 is 25.5 Å². The lowest BCUT2D eigenvalue weighted by atomic mass is 10.0. The van der Waals surface area contributed by atoms with Gasteiger partial charge in [-0.3, -0.25) is 15.0 Å². The van der Waals surface area contributed by atoms with E-state index in [0.29, 0.717) is 5.01 Å². The van der Waals surface area contributed by atoms with Crippen molar-refractivity contribution in [1.82, 2.24) is 10.4 Å². The molecule has 0 fully saturated rings. The molecular weight excluding hydrogens is 260 g/mol. The topological polar surface area (TPSA) is 151 Å². The van der Waals surface area contributed by atoms with E-state index < -0.39 is 49.4 Å². The predicted molar refractivity (Wildman–Crippen MR) is 62.3 cm³/mol. The zero-order chi connectivity index (χ0) is 15.2. The van der Waals surface area contributed by atoms with Gasteiger partial charge in [0.05, 0.1) is 13.2 Å². The van der Waals surface area contributed by atoms with Crippen LogP contribution < -0.4 is 5.43 Å². The minimum absolute atomic E-state index is 0.613. The summed E-state index contributed by atoms with van der Waals surface area (Å²) in [5.74, 6) is -1.29. The first-order valence-corrected chi connectivity index (χ1v) is 5.59. The second-order valence-electron chi connectivity index (χ2n) is 4.04. The molecule has 2 amide bonds. The number of carbonyl (C=O) groups is 2. The van der Waals surface area contributed by atoms with E-state index >= 15 is 0 Å². The van der Waals surface area contributed by atoms with Crippen molar-refractivity contribution in [1.29, 1.82) is 0 Å². The van der Waals surface area contributed by atoms with Crippen LogP contribution in [0.5, 0.6) is 0 Å². The number of nitrogens with one attached hydrogen (secondary N) is 1. The van der Waals surface area contributed by atoms with Crippen molar-refractivity contribution in [3.63, 3.8) is 0 Å². The minimum atomic E-state index is -1.79. The van der Waals surface area contributed by atoms with E-state index in [9.17, 15) is 30.0 Å². The molecular formula is C10H20N2O7. The highest BCUT2D eigenvalue weighted by atomic mass is 16.4. The van der Waals surface area contributed by atoms with Gasteiger partial charge in [-0.05, 0) is 0 Å². The van der Waals surface area contributed by atoms with E-state index in [1.165, 1.54) is 0 Å². The summed E-state index contributed by atoms with van der Waals surface area (Å²) in [5.41, 5.74) is 2.09. The maximum atomic E-state index is 11.3. The van der Waals surface area contributed by atoms with Gasteiger partial charge in [-0.15, -0.1) is 0 Å². The average molecular weight is 280 g/mol. The van der Waals surface area contributed by atoms with E-state index in [1.807, 2.05) is 0 Å². The molecule has 0 aromatic rings. The number of rotatable bonds is 6. The van der Waals surface area contributed by atoms with Gasteiger partial charge in [-0.2, -0.15) is 0 Å². The molecule has 0 rings (SSSR count). The monoisotopic (exact) mass is 280 g/mol. The highest BCUT2D eigenvalue weighted by molar-refractivity contribution is 5.79. The molecule has 19 heavy (non-hydrogen) atoms. The van der Waals surface area contributed by atoms with Gasteiger partial charge in [-0.25, -0.2) is 5.01 Å². The smallest absolute Gasteiger partial charge is 0.238 e. The van der Waals surface area contributed by atoms with E-state index in [1.54, 1.807) is 0 Å². The molecule has 0 aliphatic carbocycles. The third-order valence-corrected chi connectivity index (χ3v) is 2.46. The average Bonchev–Trinajstić information content (AvgIpc) is 2.35. The van der Waals surface area contributed by atoms with Crippen LogP contribution >= 0.6 is 0 Å². The van der Waals surface area contributed by atoms with Crippen LogP contribution in [0.2, 0.25) is 0 Å². The Morgan fingerprint density at radius 2 is 1.58 bits per heavy atom. The fraction of sp³-hybridized carbons (Fsp3) is 0.800. The standard InChI is InChI=1S/C10H20N2O7/c1-5(15)11-12(6(2)16)7(3-13)9(18)10(19)8(17)4-14/h7-10,13-14,17-19H,3-4H2,1-2H3,(H,11,15)/t7-,8+,9+,10+/m0/s1. The van der Waals surface area contributed by atoms with Gasteiger partial charge in [0.1, 0.15) is 24.4 Å². The lowest BCUT2D eigenvalue weighted by Gasteiger charge is -2.35. The number of carbonyl (C=O) groups excluding carboxylic acids is 2. The number of aliphatic hydroxyl groups is 5. The Hall–Kier alpha value is -1.26. The summed E-state index contributed by atoms with van der Waals surface area (Å²) < 4.78 is 0. The van der Waals surface area contributed by atoms with Crippen molar-refractivity contribution in [3.8, 4) is 0 Å². The number of hydrazine groups is 1. The normalized spacial score (nSPS) is 17.2. The van der Waals surface area contributed by atoms with Crippen LogP contribution in [0.15, 0.2) is 0 Å². The lowest BCUT2D eigenvalue weighted by Crippen LogP contribution is -2.60. The van der Waals surface area contributed by atoms with E-state index in [-0.39, 0.29) is 0 Å². The number of aliphatic hydroxyl groups excluding tert-OH is 5. The summed E-state index contributed by atoms with van der Waals surface area (Å²) in [6.07, 6.45) is -5.20. The maximum absolute atomic E-state index is 11.3. The molecule has 0 saturated heterocycles. The van der Waals surface area contributed by atoms with Gasteiger partial charge >= 0.3 is 0 Å². The second-order valence-corrected chi connectivity index (χ2v) is 4.04. The molecule has 0 aromatic heterocycles. The molecule has 9 nitrogen and oxygen atoms in total. The molecule has 0 aliphatic rings. The number of hydrogen-bond acceptors (Lipinski definition) is 7. The van der Waals surface area contributed by atoms with Crippen LogP contribution in [0.25, 0.3) is 0 Å². The highest BCUT2D eigenvalue weighted by Gasteiger charge is 2.36. The summed E-state index contributed by atoms with van der Waals surface area (Å²) in [5, 5.41) is 47.0. The molecule has 0 radical (unpaired) electrons. The molecule has 0 spiro atoms. The van der Waals surface area contributed by atoms with Crippen LogP contribution in [-0.4, -0.2) is 79.9 Å². The quantitative estimate of drug-likeness (QED) is 0.274. The minimum Gasteiger partial charge on any atom is -0.394 e. The summed E-state index contributed by atoms with van der Waals surface area (Å²) in [4.78, 5) is 22.3. The van der Waals surface area contributed by atoms with Crippen molar-refractivity contribution in [2.75, 3.05) is 13.2 Å². The first-order chi connectivity index (χ1) is 8.76. The van der Waals surface area contributed by atoms with Gasteiger partial charge in [-0.1, -0.05) is 0 Å². The molecule has 9 heteroatoms. The van der Waals surface area contributed by atoms with Gasteiger partial charge in [0.25, 0.3) is 0 Å². The van der Waals surface area contributed by atoms with Gasteiger partial charge in [0.2, 0.25) is 11.8 Å². The maximum Gasteiger partial charge on any atom is 0.238 e. The Morgan fingerprint density at radius 3 is 1.89 bits per heavy atom. The molecule has 0 bridgehead atoms. The summed E-state index contributed by atoms with van der Waals surface area (Å²) in [6, 6.07) is -1.36. The zero-order valence-electron chi connectivity index (χ0n) is 10.7. The third-order valence-electron chi connectivity index (χ3n) is 2.46. The summed E-state index contributed by atoms with van der Waals surface area (Å²) in [7, 11) is 0.